The van der Waals surface area contributed by atoms with Gasteiger partial charge in [0.2, 0.25) is 0 Å². The highest BCUT2D eigenvalue weighted by Crippen LogP contribution is 2.31. The summed E-state index contributed by atoms with van der Waals surface area (Å²) in [5.41, 5.74) is 5.14. The fourth-order valence-electron chi connectivity index (χ4n) is 3.52. The van der Waals surface area contributed by atoms with Gasteiger partial charge in [0.25, 0.3) is 5.91 Å². The van der Waals surface area contributed by atoms with Gasteiger partial charge in [-0.1, -0.05) is 12.1 Å². The normalized spacial score (nSPS) is 13.8. The van der Waals surface area contributed by atoms with E-state index in [9.17, 15) is 4.79 Å². The molecule has 1 aliphatic rings. The summed E-state index contributed by atoms with van der Waals surface area (Å²) in [6, 6.07) is 12.3. The van der Waals surface area contributed by atoms with Crippen molar-refractivity contribution in [2.75, 3.05) is 13.2 Å². The lowest BCUT2D eigenvalue weighted by molar-refractivity contribution is 0.0733. The Bertz CT molecular complexity index is 1170. The third-order valence-electron chi connectivity index (χ3n) is 4.88. The molecule has 0 bridgehead atoms. The Morgan fingerprint density at radius 3 is 2.93 bits per heavy atom. The van der Waals surface area contributed by atoms with Crippen LogP contribution in [0.15, 0.2) is 48.0 Å². The molecule has 28 heavy (non-hydrogen) atoms. The van der Waals surface area contributed by atoms with Crippen LogP contribution < -0.4 is 4.74 Å². The molecule has 0 atom stereocenters. The number of aromatic amines is 1. The summed E-state index contributed by atoms with van der Waals surface area (Å²) < 4.78 is 5.88. The van der Waals surface area contributed by atoms with Gasteiger partial charge in [-0.15, -0.1) is 11.3 Å². The molecule has 7 heteroatoms. The van der Waals surface area contributed by atoms with E-state index in [1.807, 2.05) is 24.4 Å². The summed E-state index contributed by atoms with van der Waals surface area (Å²) in [5.74, 6) is 1.68. The highest BCUT2D eigenvalue weighted by Gasteiger charge is 2.23. The van der Waals surface area contributed by atoms with E-state index in [2.05, 4.69) is 39.2 Å². The molecule has 2 aromatic carbocycles. The van der Waals surface area contributed by atoms with Gasteiger partial charge in [0.1, 0.15) is 18.2 Å². The van der Waals surface area contributed by atoms with Crippen molar-refractivity contribution in [3.8, 4) is 16.9 Å². The molecule has 4 aromatic rings. The predicted molar refractivity (Wildman–Crippen MR) is 109 cm³/mol. The highest BCUT2D eigenvalue weighted by molar-refractivity contribution is 7.11. The Morgan fingerprint density at radius 2 is 2.07 bits per heavy atom. The second-order valence-corrected chi connectivity index (χ2v) is 7.68. The summed E-state index contributed by atoms with van der Waals surface area (Å²) in [7, 11) is 0. The maximum absolute atomic E-state index is 12.7. The van der Waals surface area contributed by atoms with E-state index in [0.717, 1.165) is 39.3 Å². The molecule has 3 heterocycles. The molecular formula is C21H18N4O2S. The molecule has 0 fully saturated rings. The van der Waals surface area contributed by atoms with Gasteiger partial charge in [0.15, 0.2) is 5.01 Å². The van der Waals surface area contributed by atoms with Crippen LogP contribution in [0.5, 0.6) is 5.75 Å². The molecule has 0 saturated carbocycles. The van der Waals surface area contributed by atoms with E-state index in [4.69, 9.17) is 4.74 Å². The van der Waals surface area contributed by atoms with Gasteiger partial charge in [-0.3, -0.25) is 4.79 Å². The summed E-state index contributed by atoms with van der Waals surface area (Å²) in [5, 5.41) is 2.33. The summed E-state index contributed by atoms with van der Waals surface area (Å²) in [6.07, 6.45) is 1.66. The molecule has 1 N–H and O–H groups in total. The van der Waals surface area contributed by atoms with Gasteiger partial charge in [-0.25, -0.2) is 9.97 Å². The second kappa shape index (κ2) is 6.76. The molecule has 0 aliphatic carbocycles. The van der Waals surface area contributed by atoms with Gasteiger partial charge >= 0.3 is 0 Å². The van der Waals surface area contributed by atoms with Crippen LogP contribution in [-0.4, -0.2) is 38.9 Å². The number of benzene rings is 2. The van der Waals surface area contributed by atoms with E-state index < -0.39 is 0 Å². The first-order chi connectivity index (χ1) is 13.7. The highest BCUT2D eigenvalue weighted by atomic mass is 32.1. The van der Waals surface area contributed by atoms with Gasteiger partial charge in [-0.05, 0) is 42.3 Å². The molecule has 1 aliphatic heterocycles. The lowest BCUT2D eigenvalue weighted by atomic mass is 10.0. The fourth-order valence-corrected chi connectivity index (χ4v) is 4.13. The van der Waals surface area contributed by atoms with E-state index in [-0.39, 0.29) is 5.91 Å². The summed E-state index contributed by atoms with van der Waals surface area (Å²) >= 11 is 1.36. The van der Waals surface area contributed by atoms with Crippen molar-refractivity contribution in [3.05, 3.63) is 64.4 Å². The van der Waals surface area contributed by atoms with Crippen molar-refractivity contribution in [1.29, 1.82) is 0 Å². The third kappa shape index (κ3) is 3.03. The molecule has 0 radical (unpaired) electrons. The molecule has 2 aromatic heterocycles. The van der Waals surface area contributed by atoms with E-state index in [1.54, 1.807) is 11.1 Å². The zero-order chi connectivity index (χ0) is 19.1. The number of aromatic nitrogens is 3. The maximum Gasteiger partial charge on any atom is 0.283 e. The second-order valence-electron chi connectivity index (χ2n) is 6.79. The standard InChI is InChI=1S/C21H18N4O2S/c1-13-23-17-4-2-15(11-18(17)24-13)14-3-5-19-16(10-14)12-25(7-8-27-19)21(26)20-22-6-9-28-20/h2-6,9-11H,7-8,12H2,1H3,(H,23,24). The van der Waals surface area contributed by atoms with E-state index in [0.29, 0.717) is 24.7 Å². The minimum absolute atomic E-state index is 0.0507. The van der Waals surface area contributed by atoms with Gasteiger partial charge in [-0.2, -0.15) is 0 Å². The number of H-pyrrole nitrogens is 1. The molecule has 6 nitrogen and oxygen atoms in total. The van der Waals surface area contributed by atoms with Crippen molar-refractivity contribution in [1.82, 2.24) is 19.9 Å². The number of ether oxygens (including phenoxy) is 1. The van der Waals surface area contributed by atoms with Gasteiger partial charge in [0, 0.05) is 23.7 Å². The summed E-state index contributed by atoms with van der Waals surface area (Å²) in [6.45, 7) is 3.47. The third-order valence-corrected chi connectivity index (χ3v) is 5.64. The number of thiazole rings is 1. The van der Waals surface area contributed by atoms with Crippen molar-refractivity contribution in [2.24, 2.45) is 0 Å². The Morgan fingerprint density at radius 1 is 1.21 bits per heavy atom. The molecular weight excluding hydrogens is 372 g/mol. The van der Waals surface area contributed by atoms with E-state index >= 15 is 0 Å². The smallest absolute Gasteiger partial charge is 0.283 e. The Kier molecular flexibility index (Phi) is 4.09. The number of aryl methyl sites for hydroxylation is 1. The minimum Gasteiger partial charge on any atom is -0.491 e. The van der Waals surface area contributed by atoms with Crippen molar-refractivity contribution >= 4 is 28.3 Å². The van der Waals surface area contributed by atoms with E-state index in [1.165, 1.54) is 11.3 Å². The average Bonchev–Trinajstić information content (AvgIpc) is 3.30. The van der Waals surface area contributed by atoms with Crippen LogP contribution >= 0.6 is 11.3 Å². The number of nitrogens with one attached hydrogen (secondary N) is 1. The topological polar surface area (TPSA) is 71.1 Å². The van der Waals surface area contributed by atoms with Crippen LogP contribution in [-0.2, 0) is 6.54 Å². The van der Waals surface area contributed by atoms with Crippen molar-refractivity contribution in [2.45, 2.75) is 13.5 Å². The largest absolute Gasteiger partial charge is 0.491 e. The number of rotatable bonds is 2. The molecule has 0 saturated heterocycles. The minimum atomic E-state index is -0.0507. The first-order valence-electron chi connectivity index (χ1n) is 9.08. The number of hydrogen-bond donors (Lipinski definition) is 1. The number of nitrogens with zero attached hydrogens (tertiary/aromatic N) is 3. The average molecular weight is 390 g/mol. The van der Waals surface area contributed by atoms with Crippen molar-refractivity contribution in [3.63, 3.8) is 0 Å². The number of amides is 1. The molecule has 0 unspecified atom stereocenters. The molecule has 1 amide bonds. The first kappa shape index (κ1) is 16.9. The molecule has 0 spiro atoms. The van der Waals surface area contributed by atoms with Crippen LogP contribution in [0, 0.1) is 6.92 Å². The van der Waals surface area contributed by atoms with Crippen LogP contribution in [0.2, 0.25) is 0 Å². The number of carbonyl (C=O) groups is 1. The lowest BCUT2D eigenvalue weighted by Crippen LogP contribution is -2.32. The Labute approximate surface area is 165 Å². The SMILES string of the molecule is Cc1nc2cc(-c3ccc4c(c3)CN(C(=O)c3nccs3)CCO4)ccc2[nH]1. The maximum atomic E-state index is 12.7. The van der Waals surface area contributed by atoms with Crippen LogP contribution in [0.1, 0.15) is 21.2 Å². The first-order valence-corrected chi connectivity index (χ1v) is 9.96. The van der Waals surface area contributed by atoms with Gasteiger partial charge in [0.05, 0.1) is 17.6 Å². The number of imidazole rings is 1. The number of carbonyl (C=O) groups excluding carboxylic acids is 1. The van der Waals surface area contributed by atoms with Crippen LogP contribution in [0.4, 0.5) is 0 Å². The monoisotopic (exact) mass is 390 g/mol. The zero-order valence-electron chi connectivity index (χ0n) is 15.3. The zero-order valence-corrected chi connectivity index (χ0v) is 16.1. The summed E-state index contributed by atoms with van der Waals surface area (Å²) in [4.78, 5) is 26.5. The van der Waals surface area contributed by atoms with Gasteiger partial charge < -0.3 is 14.6 Å². The number of hydrogen-bond acceptors (Lipinski definition) is 5. The lowest BCUT2D eigenvalue weighted by Gasteiger charge is -2.18. The number of fused-ring (bicyclic) bond motifs is 2. The Balaban J connectivity index is 1.49. The van der Waals surface area contributed by atoms with Crippen molar-refractivity contribution < 1.29 is 9.53 Å². The molecule has 5 rings (SSSR count). The van der Waals surface area contributed by atoms with Crippen LogP contribution in [0.25, 0.3) is 22.2 Å². The Hall–Kier alpha value is -3.19. The van der Waals surface area contributed by atoms with Crippen LogP contribution in [0.3, 0.4) is 0 Å². The quantitative estimate of drug-likeness (QED) is 0.561. The fraction of sp³-hybridized carbons (Fsp3) is 0.190. The predicted octanol–water partition coefficient (Wildman–Crippen LogP) is 4.03. The molecule has 140 valence electrons.